The molecule has 4 rings (SSSR count). The molecule has 3 heterocycles. The molecule has 130 valence electrons. The van der Waals surface area contributed by atoms with Crippen LogP contribution in [-0.2, 0) is 7.05 Å². The van der Waals surface area contributed by atoms with Crippen LogP contribution in [0.2, 0.25) is 0 Å². The van der Waals surface area contributed by atoms with Crippen LogP contribution in [0, 0.1) is 6.92 Å². The molecule has 8 nitrogen and oxygen atoms in total. The molecular formula is C17H20N6O2. The molecule has 8 heteroatoms. The number of H-pyrrole nitrogens is 1. The van der Waals surface area contributed by atoms with Gasteiger partial charge in [0.05, 0.1) is 11.0 Å². The van der Waals surface area contributed by atoms with Gasteiger partial charge in [-0.05, 0) is 31.4 Å². The molecule has 1 aromatic carbocycles. The number of anilines is 1. The number of para-hydroxylation sites is 1. The molecule has 2 aromatic heterocycles. The second-order valence-corrected chi connectivity index (χ2v) is 6.54. The van der Waals surface area contributed by atoms with Crippen molar-refractivity contribution in [3.05, 3.63) is 35.4 Å². The van der Waals surface area contributed by atoms with Crippen molar-refractivity contribution in [2.75, 3.05) is 18.0 Å². The maximum atomic E-state index is 11.1. The molecule has 1 aliphatic rings. The van der Waals surface area contributed by atoms with E-state index in [4.69, 9.17) is 10.1 Å². The minimum Gasteiger partial charge on any atom is -0.475 e. The Labute approximate surface area is 144 Å². The van der Waals surface area contributed by atoms with Crippen LogP contribution in [0.15, 0.2) is 18.2 Å². The number of carboxylic acids is 1. The molecule has 0 spiro atoms. The van der Waals surface area contributed by atoms with E-state index in [-0.39, 0.29) is 11.7 Å². The number of aromatic carboxylic acids is 1. The highest BCUT2D eigenvalue weighted by Crippen LogP contribution is 2.29. The number of rotatable bonds is 3. The first kappa shape index (κ1) is 15.6. The van der Waals surface area contributed by atoms with Crippen LogP contribution in [-0.4, -0.2) is 48.9 Å². The third kappa shape index (κ3) is 2.73. The molecule has 1 aliphatic heterocycles. The zero-order chi connectivity index (χ0) is 17.6. The molecule has 25 heavy (non-hydrogen) atoms. The Balaban J connectivity index is 1.62. The Morgan fingerprint density at radius 2 is 2.20 bits per heavy atom. The lowest BCUT2D eigenvalue weighted by Crippen LogP contribution is -2.36. The largest absolute Gasteiger partial charge is 0.475 e. The third-order valence-electron chi connectivity index (χ3n) is 4.76. The van der Waals surface area contributed by atoms with Crippen LogP contribution in [0.25, 0.3) is 11.0 Å². The number of carbonyl (C=O) groups is 1. The minimum absolute atomic E-state index is 0.168. The van der Waals surface area contributed by atoms with E-state index in [1.54, 1.807) is 7.05 Å². The molecule has 3 aromatic rings. The molecule has 1 unspecified atom stereocenters. The molecule has 0 aliphatic carbocycles. The number of aromatic amines is 1. The number of nitrogens with zero attached hydrogens (tertiary/aromatic N) is 5. The van der Waals surface area contributed by atoms with Crippen LogP contribution in [0.5, 0.6) is 0 Å². The van der Waals surface area contributed by atoms with Crippen LogP contribution in [0.3, 0.4) is 0 Å². The molecule has 2 N–H and O–H groups in total. The number of carboxylic acid groups (broad SMARTS) is 1. The van der Waals surface area contributed by atoms with Crippen molar-refractivity contribution in [3.63, 3.8) is 0 Å². The Morgan fingerprint density at radius 3 is 2.92 bits per heavy atom. The lowest BCUT2D eigenvalue weighted by Gasteiger charge is -2.32. The van der Waals surface area contributed by atoms with Crippen molar-refractivity contribution in [2.24, 2.45) is 7.05 Å². The molecular weight excluding hydrogens is 320 g/mol. The van der Waals surface area contributed by atoms with Crippen LogP contribution in [0.4, 0.5) is 5.95 Å². The van der Waals surface area contributed by atoms with Crippen molar-refractivity contribution in [3.8, 4) is 0 Å². The number of fused-ring (bicyclic) bond motifs is 1. The zero-order valence-electron chi connectivity index (χ0n) is 14.2. The van der Waals surface area contributed by atoms with Crippen LogP contribution >= 0.6 is 0 Å². The van der Waals surface area contributed by atoms with Gasteiger partial charge in [0.2, 0.25) is 5.95 Å². The first-order valence-corrected chi connectivity index (χ1v) is 8.37. The van der Waals surface area contributed by atoms with Crippen LogP contribution in [0.1, 0.15) is 40.8 Å². The van der Waals surface area contributed by atoms with E-state index in [1.165, 1.54) is 4.68 Å². The number of aromatic nitrogens is 5. The molecule has 0 bridgehead atoms. The Kier molecular flexibility index (Phi) is 3.67. The summed E-state index contributed by atoms with van der Waals surface area (Å²) in [5, 5.41) is 13.1. The number of nitrogens with one attached hydrogen (secondary N) is 1. The van der Waals surface area contributed by atoms with Crippen LogP contribution < -0.4 is 4.90 Å². The van der Waals surface area contributed by atoms with Gasteiger partial charge in [-0.2, -0.15) is 4.98 Å². The Bertz CT molecular complexity index is 944. The summed E-state index contributed by atoms with van der Waals surface area (Å²) in [5.74, 6) is 0.553. The molecule has 1 atom stereocenters. The quantitative estimate of drug-likeness (QED) is 0.757. The van der Waals surface area contributed by atoms with Gasteiger partial charge in [-0.15, -0.1) is 5.10 Å². The maximum Gasteiger partial charge on any atom is 0.375 e. The first-order valence-electron chi connectivity index (χ1n) is 8.37. The summed E-state index contributed by atoms with van der Waals surface area (Å²) < 4.78 is 1.54. The van der Waals surface area contributed by atoms with E-state index in [9.17, 15) is 4.79 Å². The summed E-state index contributed by atoms with van der Waals surface area (Å²) in [6, 6.07) is 6.13. The molecule has 1 fully saturated rings. The Morgan fingerprint density at radius 1 is 1.36 bits per heavy atom. The molecule has 1 saturated heterocycles. The van der Waals surface area contributed by atoms with E-state index < -0.39 is 5.97 Å². The summed E-state index contributed by atoms with van der Waals surface area (Å²) >= 11 is 0. The van der Waals surface area contributed by atoms with Gasteiger partial charge >= 0.3 is 5.97 Å². The van der Waals surface area contributed by atoms with E-state index in [0.717, 1.165) is 48.4 Å². The van der Waals surface area contributed by atoms with E-state index in [0.29, 0.717) is 5.95 Å². The summed E-state index contributed by atoms with van der Waals surface area (Å²) in [7, 11) is 1.73. The number of hydrogen-bond donors (Lipinski definition) is 2. The SMILES string of the molecule is Cc1cccc2[nH]c(C3CCCN(c4nc(C(=O)O)nn4C)C3)nc12. The normalized spacial score (nSPS) is 18.0. The fourth-order valence-corrected chi connectivity index (χ4v) is 3.51. The predicted octanol–water partition coefficient (Wildman–Crippen LogP) is 2.08. The topological polar surface area (TPSA) is 99.9 Å². The molecule has 0 radical (unpaired) electrons. The Hall–Kier alpha value is -2.90. The summed E-state index contributed by atoms with van der Waals surface area (Å²) in [5.41, 5.74) is 3.23. The number of benzene rings is 1. The zero-order valence-corrected chi connectivity index (χ0v) is 14.2. The number of hydrogen-bond acceptors (Lipinski definition) is 5. The van der Waals surface area contributed by atoms with Crippen molar-refractivity contribution >= 4 is 23.0 Å². The van der Waals surface area contributed by atoms with Crippen molar-refractivity contribution < 1.29 is 9.90 Å². The third-order valence-corrected chi connectivity index (χ3v) is 4.76. The minimum atomic E-state index is -1.11. The lowest BCUT2D eigenvalue weighted by molar-refractivity contribution is 0.0683. The fraction of sp³-hybridized carbons (Fsp3) is 0.412. The van der Waals surface area contributed by atoms with Crippen molar-refractivity contribution in [2.45, 2.75) is 25.7 Å². The van der Waals surface area contributed by atoms with Gasteiger partial charge < -0.3 is 15.0 Å². The summed E-state index contributed by atoms with van der Waals surface area (Å²) in [6.45, 7) is 3.64. The second kappa shape index (κ2) is 5.87. The number of imidazole rings is 1. The summed E-state index contributed by atoms with van der Waals surface area (Å²) in [6.07, 6.45) is 2.04. The van der Waals surface area contributed by atoms with Gasteiger partial charge in [0, 0.05) is 26.1 Å². The van der Waals surface area contributed by atoms with Gasteiger partial charge in [-0.3, -0.25) is 0 Å². The fourth-order valence-electron chi connectivity index (χ4n) is 3.51. The van der Waals surface area contributed by atoms with E-state index >= 15 is 0 Å². The van der Waals surface area contributed by atoms with Gasteiger partial charge in [0.1, 0.15) is 5.82 Å². The summed E-state index contributed by atoms with van der Waals surface area (Å²) in [4.78, 5) is 25.6. The van der Waals surface area contributed by atoms with Gasteiger partial charge in [-0.1, -0.05) is 12.1 Å². The van der Waals surface area contributed by atoms with Gasteiger partial charge in [0.25, 0.3) is 5.82 Å². The van der Waals surface area contributed by atoms with Gasteiger partial charge in [0.15, 0.2) is 0 Å². The predicted molar refractivity (Wildman–Crippen MR) is 93.0 cm³/mol. The second-order valence-electron chi connectivity index (χ2n) is 6.54. The van der Waals surface area contributed by atoms with E-state index in [1.807, 2.05) is 12.1 Å². The number of aryl methyl sites for hydroxylation is 2. The average molecular weight is 340 g/mol. The smallest absolute Gasteiger partial charge is 0.375 e. The van der Waals surface area contributed by atoms with Crippen molar-refractivity contribution in [1.29, 1.82) is 0 Å². The highest BCUT2D eigenvalue weighted by atomic mass is 16.4. The standard InChI is InChI=1S/C17H20N6O2/c1-10-5-3-7-12-13(10)19-14(18-12)11-6-4-8-23(9-11)17-20-15(16(24)25)21-22(17)2/h3,5,7,11H,4,6,8-9H2,1-2H3,(H,18,19)(H,24,25). The average Bonchev–Trinajstić information content (AvgIpc) is 3.20. The highest BCUT2D eigenvalue weighted by Gasteiger charge is 2.27. The molecule has 0 amide bonds. The molecule has 0 saturated carbocycles. The van der Waals surface area contributed by atoms with E-state index in [2.05, 4.69) is 33.0 Å². The van der Waals surface area contributed by atoms with Gasteiger partial charge in [-0.25, -0.2) is 14.5 Å². The van der Waals surface area contributed by atoms with Crippen molar-refractivity contribution in [1.82, 2.24) is 24.7 Å². The monoisotopic (exact) mass is 340 g/mol. The maximum absolute atomic E-state index is 11.1. The number of piperidine rings is 1. The first-order chi connectivity index (χ1) is 12.0. The highest BCUT2D eigenvalue weighted by molar-refractivity contribution is 5.83. The lowest BCUT2D eigenvalue weighted by atomic mass is 9.97.